The van der Waals surface area contributed by atoms with Crippen LogP contribution in [0.15, 0.2) is 17.2 Å². The number of hydrogen-bond acceptors (Lipinski definition) is 4. The molecular weight excluding hydrogens is 377 g/mol. The minimum absolute atomic E-state index is 0.127. The molecule has 1 aromatic carbocycles. The number of nitrogens with one attached hydrogen (secondary N) is 1. The lowest BCUT2D eigenvalue weighted by atomic mass is 10.2. The molecule has 0 bridgehead atoms. The predicted molar refractivity (Wildman–Crippen MR) is 89.0 cm³/mol. The molecule has 5 nitrogen and oxygen atoms in total. The van der Waals surface area contributed by atoms with Crippen molar-refractivity contribution in [2.45, 2.75) is 13.8 Å². The van der Waals surface area contributed by atoms with Crippen LogP contribution < -0.4 is 20.6 Å². The molecule has 0 aliphatic heterocycles. The maximum Gasteiger partial charge on any atom is 0.184 e. The summed E-state index contributed by atoms with van der Waals surface area (Å²) in [6.45, 7) is 5.03. The number of hydrazone groups is 1. The molecule has 0 aliphatic carbocycles. The van der Waals surface area contributed by atoms with E-state index in [2.05, 4.69) is 45.3 Å². The van der Waals surface area contributed by atoms with E-state index in [0.717, 1.165) is 14.9 Å². The molecule has 0 amide bonds. The molecule has 0 unspecified atom stereocenters. The first-order valence-corrected chi connectivity index (χ1v) is 7.24. The second kappa shape index (κ2) is 8.16. The Morgan fingerprint density at radius 3 is 2.68 bits per heavy atom. The van der Waals surface area contributed by atoms with Crippen LogP contribution >= 0.6 is 34.8 Å². The molecule has 0 aromatic heterocycles. The highest BCUT2D eigenvalue weighted by Crippen LogP contribution is 2.33. The second-order valence-electron chi connectivity index (χ2n) is 3.43. The van der Waals surface area contributed by atoms with E-state index in [-0.39, 0.29) is 5.11 Å². The number of rotatable bonds is 6. The third-order valence-electron chi connectivity index (χ3n) is 2.01. The van der Waals surface area contributed by atoms with E-state index in [1.807, 2.05) is 26.0 Å². The zero-order valence-electron chi connectivity index (χ0n) is 10.8. The largest absolute Gasteiger partial charge is 0.490 e. The summed E-state index contributed by atoms with van der Waals surface area (Å²) in [4.78, 5) is 0. The molecule has 1 rings (SSSR count). The third kappa shape index (κ3) is 5.19. The van der Waals surface area contributed by atoms with Crippen LogP contribution in [0.5, 0.6) is 11.5 Å². The van der Waals surface area contributed by atoms with Crippen molar-refractivity contribution in [2.75, 3.05) is 13.2 Å². The van der Waals surface area contributed by atoms with E-state index >= 15 is 0 Å². The van der Waals surface area contributed by atoms with Crippen LogP contribution in [-0.2, 0) is 0 Å². The van der Waals surface area contributed by atoms with Gasteiger partial charge >= 0.3 is 0 Å². The van der Waals surface area contributed by atoms with Crippen LogP contribution in [0.4, 0.5) is 0 Å². The van der Waals surface area contributed by atoms with E-state index in [1.165, 1.54) is 0 Å². The number of thiocarbonyl (C=S) groups is 1. The van der Waals surface area contributed by atoms with Crippen LogP contribution in [-0.4, -0.2) is 24.5 Å². The number of nitrogens with two attached hydrogens (primary N) is 1. The Morgan fingerprint density at radius 2 is 2.11 bits per heavy atom. The zero-order chi connectivity index (χ0) is 14.3. The van der Waals surface area contributed by atoms with Crippen LogP contribution in [0.3, 0.4) is 0 Å². The fourth-order valence-electron chi connectivity index (χ4n) is 1.38. The van der Waals surface area contributed by atoms with Gasteiger partial charge in [0.1, 0.15) is 0 Å². The summed E-state index contributed by atoms with van der Waals surface area (Å²) in [5.41, 5.74) is 8.67. The van der Waals surface area contributed by atoms with Gasteiger partial charge in [-0.3, -0.25) is 5.43 Å². The van der Waals surface area contributed by atoms with E-state index in [0.29, 0.717) is 19.0 Å². The van der Waals surface area contributed by atoms with Crippen molar-refractivity contribution in [3.63, 3.8) is 0 Å². The minimum atomic E-state index is 0.127. The molecular formula is C12H16IN3O2S. The highest BCUT2D eigenvalue weighted by molar-refractivity contribution is 14.1. The van der Waals surface area contributed by atoms with Gasteiger partial charge in [0.25, 0.3) is 0 Å². The lowest BCUT2D eigenvalue weighted by molar-refractivity contribution is 0.286. The predicted octanol–water partition coefficient (Wildman–Crippen LogP) is 2.26. The lowest BCUT2D eigenvalue weighted by Gasteiger charge is -2.13. The molecule has 3 N–H and O–H groups in total. The SMILES string of the molecule is CCOc1cc(/C=N\NC(N)=S)cc(I)c1OCC. The summed E-state index contributed by atoms with van der Waals surface area (Å²) in [5.74, 6) is 1.46. The fourth-order valence-corrected chi connectivity index (χ4v) is 2.21. The van der Waals surface area contributed by atoms with Gasteiger partial charge in [0.2, 0.25) is 0 Å². The van der Waals surface area contributed by atoms with Gasteiger partial charge in [-0.25, -0.2) is 0 Å². The first kappa shape index (κ1) is 16.0. The number of halogens is 1. The summed E-state index contributed by atoms with van der Waals surface area (Å²) in [6, 6.07) is 3.81. The molecule has 0 spiro atoms. The maximum atomic E-state index is 5.58. The van der Waals surface area contributed by atoms with Crippen molar-refractivity contribution in [3.05, 3.63) is 21.3 Å². The summed E-state index contributed by atoms with van der Waals surface area (Å²) < 4.78 is 12.1. The molecule has 0 radical (unpaired) electrons. The Labute approximate surface area is 131 Å². The topological polar surface area (TPSA) is 68.9 Å². The molecule has 0 saturated carbocycles. The van der Waals surface area contributed by atoms with Crippen molar-refractivity contribution >= 4 is 46.1 Å². The van der Waals surface area contributed by atoms with Crippen LogP contribution in [0.25, 0.3) is 0 Å². The summed E-state index contributed by atoms with van der Waals surface area (Å²) in [6.07, 6.45) is 1.62. The number of nitrogens with zero attached hydrogens (tertiary/aromatic N) is 1. The Kier molecular flexibility index (Phi) is 6.85. The van der Waals surface area contributed by atoms with Gasteiger partial charge in [-0.05, 0) is 66.4 Å². The van der Waals surface area contributed by atoms with Gasteiger partial charge in [-0.2, -0.15) is 5.10 Å². The first-order chi connectivity index (χ1) is 9.08. The van der Waals surface area contributed by atoms with Gasteiger partial charge in [-0.1, -0.05) is 0 Å². The van der Waals surface area contributed by atoms with Crippen molar-refractivity contribution in [3.8, 4) is 11.5 Å². The van der Waals surface area contributed by atoms with Gasteiger partial charge in [0, 0.05) is 0 Å². The van der Waals surface area contributed by atoms with E-state index in [1.54, 1.807) is 6.21 Å². The number of hydrogen-bond donors (Lipinski definition) is 2. The van der Waals surface area contributed by atoms with Crippen LogP contribution in [0.2, 0.25) is 0 Å². The number of ether oxygens (including phenoxy) is 2. The first-order valence-electron chi connectivity index (χ1n) is 5.76. The molecule has 104 valence electrons. The van der Waals surface area contributed by atoms with E-state index in [4.69, 9.17) is 15.2 Å². The highest BCUT2D eigenvalue weighted by atomic mass is 127. The number of benzene rings is 1. The average Bonchev–Trinajstić information content (AvgIpc) is 2.33. The minimum Gasteiger partial charge on any atom is -0.490 e. The quantitative estimate of drug-likeness (QED) is 0.336. The van der Waals surface area contributed by atoms with Gasteiger partial charge in [0.15, 0.2) is 16.6 Å². The van der Waals surface area contributed by atoms with Gasteiger partial charge in [0.05, 0.1) is 23.0 Å². The average molecular weight is 393 g/mol. The van der Waals surface area contributed by atoms with Crippen molar-refractivity contribution in [2.24, 2.45) is 10.8 Å². The Balaban J connectivity index is 3.01. The summed E-state index contributed by atoms with van der Waals surface area (Å²) in [7, 11) is 0. The fraction of sp³-hybridized carbons (Fsp3) is 0.333. The molecule has 19 heavy (non-hydrogen) atoms. The maximum absolute atomic E-state index is 5.58. The Morgan fingerprint density at radius 1 is 1.42 bits per heavy atom. The van der Waals surface area contributed by atoms with Crippen LogP contribution in [0.1, 0.15) is 19.4 Å². The smallest absolute Gasteiger partial charge is 0.184 e. The van der Waals surface area contributed by atoms with E-state index in [9.17, 15) is 0 Å². The highest BCUT2D eigenvalue weighted by Gasteiger charge is 2.10. The molecule has 0 aliphatic rings. The second-order valence-corrected chi connectivity index (χ2v) is 5.03. The summed E-state index contributed by atoms with van der Waals surface area (Å²) >= 11 is 6.87. The Hall–Kier alpha value is -1.09. The van der Waals surface area contributed by atoms with Crippen LogP contribution in [0, 0.1) is 3.57 Å². The normalized spacial score (nSPS) is 10.5. The molecule has 1 aromatic rings. The van der Waals surface area contributed by atoms with Crippen molar-refractivity contribution < 1.29 is 9.47 Å². The van der Waals surface area contributed by atoms with Gasteiger partial charge < -0.3 is 15.2 Å². The monoisotopic (exact) mass is 393 g/mol. The summed E-state index contributed by atoms with van der Waals surface area (Å²) in [5, 5.41) is 4.04. The Bertz CT molecular complexity index is 480. The van der Waals surface area contributed by atoms with Crippen molar-refractivity contribution in [1.29, 1.82) is 0 Å². The van der Waals surface area contributed by atoms with E-state index < -0.39 is 0 Å². The lowest BCUT2D eigenvalue weighted by Crippen LogP contribution is -2.24. The van der Waals surface area contributed by atoms with Gasteiger partial charge in [-0.15, -0.1) is 0 Å². The molecule has 0 heterocycles. The molecule has 0 atom stereocenters. The zero-order valence-corrected chi connectivity index (χ0v) is 13.7. The molecule has 7 heteroatoms. The third-order valence-corrected chi connectivity index (χ3v) is 2.90. The van der Waals surface area contributed by atoms with Crippen molar-refractivity contribution in [1.82, 2.24) is 5.43 Å². The standard InChI is InChI=1S/C12H16IN3O2S/c1-3-17-10-6-8(7-15-16-12(14)19)5-9(13)11(10)18-4-2/h5-7H,3-4H2,1-2H3,(H3,14,16,19)/b15-7-. The molecule has 0 fully saturated rings. The molecule has 0 saturated heterocycles.